The summed E-state index contributed by atoms with van der Waals surface area (Å²) in [7, 11) is 0. The summed E-state index contributed by atoms with van der Waals surface area (Å²) in [6.07, 6.45) is 0.870. The third-order valence-corrected chi connectivity index (χ3v) is 4.22. The number of aryl methyl sites for hydroxylation is 1. The van der Waals surface area contributed by atoms with Crippen molar-refractivity contribution in [1.29, 1.82) is 5.26 Å². The minimum Gasteiger partial charge on any atom is -0.379 e. The van der Waals surface area contributed by atoms with E-state index in [1.807, 2.05) is 19.1 Å². The van der Waals surface area contributed by atoms with Crippen molar-refractivity contribution in [3.63, 3.8) is 0 Å². The Bertz CT molecular complexity index is 769. The fraction of sp³-hybridized carbons (Fsp3) is 0.353. The van der Waals surface area contributed by atoms with E-state index in [-0.39, 0.29) is 12.0 Å². The number of ether oxygens (including phenoxy) is 1. The lowest BCUT2D eigenvalue weighted by molar-refractivity contribution is 0.134. The van der Waals surface area contributed by atoms with Crippen molar-refractivity contribution >= 4 is 23.4 Å². The topological polar surface area (TPSA) is 88.1 Å². The van der Waals surface area contributed by atoms with Crippen LogP contribution in [0.3, 0.4) is 0 Å². The van der Waals surface area contributed by atoms with E-state index in [1.165, 1.54) is 0 Å². The van der Waals surface area contributed by atoms with Crippen molar-refractivity contribution in [2.45, 2.75) is 19.4 Å². The molecule has 1 unspecified atom stereocenters. The maximum Gasteiger partial charge on any atom is 0.222 e. The third-order valence-electron chi connectivity index (χ3n) is 3.99. The summed E-state index contributed by atoms with van der Waals surface area (Å²) in [5, 5.41) is 10.0. The molecule has 0 aliphatic carbocycles. The lowest BCUT2D eigenvalue weighted by atomic mass is 10.00. The largest absolute Gasteiger partial charge is 0.379 e. The molecule has 3 rings (SSSR count). The number of nitrogens with two attached hydrogens (primary N) is 1. The van der Waals surface area contributed by atoms with Crippen LogP contribution in [-0.2, 0) is 4.74 Å². The first kappa shape index (κ1) is 16.5. The van der Waals surface area contributed by atoms with Crippen molar-refractivity contribution in [2.75, 3.05) is 30.4 Å². The molecule has 124 valence electrons. The monoisotopic (exact) mass is 343 g/mol. The maximum absolute atomic E-state index is 9.48. The normalized spacial score (nSPS) is 18.0. The summed E-state index contributed by atoms with van der Waals surface area (Å²) in [6.45, 7) is 3.78. The number of rotatable bonds is 2. The second kappa shape index (κ2) is 7.04. The molecule has 0 saturated carbocycles. The van der Waals surface area contributed by atoms with Gasteiger partial charge in [0.25, 0.3) is 0 Å². The lowest BCUT2D eigenvalue weighted by Gasteiger charge is -2.31. The highest BCUT2D eigenvalue weighted by molar-refractivity contribution is 6.30. The van der Waals surface area contributed by atoms with E-state index in [9.17, 15) is 5.26 Å². The zero-order valence-electron chi connectivity index (χ0n) is 13.4. The molecule has 1 aliphatic heterocycles. The van der Waals surface area contributed by atoms with Gasteiger partial charge in [0.15, 0.2) is 0 Å². The first-order valence-electron chi connectivity index (χ1n) is 7.73. The molecular formula is C17H18ClN5O. The van der Waals surface area contributed by atoms with Crippen molar-refractivity contribution in [3.8, 4) is 6.07 Å². The van der Waals surface area contributed by atoms with E-state index in [2.05, 4.69) is 20.9 Å². The van der Waals surface area contributed by atoms with Crippen LogP contribution >= 0.6 is 11.6 Å². The van der Waals surface area contributed by atoms with Gasteiger partial charge in [-0.3, -0.25) is 0 Å². The summed E-state index contributed by atoms with van der Waals surface area (Å²) in [4.78, 5) is 10.6. The Labute approximate surface area is 145 Å². The molecule has 0 amide bonds. The van der Waals surface area contributed by atoms with Gasteiger partial charge in [0.05, 0.1) is 24.3 Å². The molecule has 1 saturated heterocycles. The summed E-state index contributed by atoms with van der Waals surface area (Å²) in [6, 6.07) is 9.34. The molecule has 1 fully saturated rings. The molecule has 7 heteroatoms. The number of nitrogens with zero attached hydrogens (tertiary/aromatic N) is 4. The first-order valence-corrected chi connectivity index (χ1v) is 8.11. The molecule has 6 nitrogen and oxygen atoms in total. The van der Waals surface area contributed by atoms with Gasteiger partial charge >= 0.3 is 0 Å². The highest BCUT2D eigenvalue weighted by Gasteiger charge is 2.27. The molecule has 1 aromatic heterocycles. The summed E-state index contributed by atoms with van der Waals surface area (Å²) < 4.78 is 5.74. The average Bonchev–Trinajstić information content (AvgIpc) is 2.79. The SMILES string of the molecule is Cc1cc(N2CCCOCC2c2ccc(Cl)cc2C#N)nc(N)n1. The number of nitrogen functional groups attached to an aromatic ring is 1. The van der Waals surface area contributed by atoms with Gasteiger partial charge in [0, 0.05) is 29.9 Å². The van der Waals surface area contributed by atoms with Crippen LogP contribution in [0.2, 0.25) is 5.02 Å². The van der Waals surface area contributed by atoms with Crippen molar-refractivity contribution in [3.05, 3.63) is 46.1 Å². The summed E-state index contributed by atoms with van der Waals surface area (Å²) in [5.74, 6) is 0.986. The molecule has 0 spiro atoms. The highest BCUT2D eigenvalue weighted by Crippen LogP contribution is 2.32. The van der Waals surface area contributed by atoms with Crippen LogP contribution in [0.25, 0.3) is 0 Å². The number of hydrogen-bond donors (Lipinski definition) is 1. The molecule has 1 aromatic carbocycles. The highest BCUT2D eigenvalue weighted by atomic mass is 35.5. The predicted molar refractivity (Wildman–Crippen MR) is 92.9 cm³/mol. The van der Waals surface area contributed by atoms with Crippen LogP contribution in [0.1, 0.15) is 29.3 Å². The smallest absolute Gasteiger partial charge is 0.222 e. The van der Waals surface area contributed by atoms with Crippen LogP contribution in [0, 0.1) is 18.3 Å². The molecule has 24 heavy (non-hydrogen) atoms. The molecule has 1 atom stereocenters. The quantitative estimate of drug-likeness (QED) is 0.902. The zero-order valence-corrected chi connectivity index (χ0v) is 14.1. The van der Waals surface area contributed by atoms with Gasteiger partial charge in [-0.1, -0.05) is 17.7 Å². The van der Waals surface area contributed by atoms with E-state index in [0.29, 0.717) is 23.8 Å². The number of hydrogen-bond acceptors (Lipinski definition) is 6. The van der Waals surface area contributed by atoms with Gasteiger partial charge in [-0.15, -0.1) is 0 Å². The first-order chi connectivity index (χ1) is 11.6. The van der Waals surface area contributed by atoms with Crippen LogP contribution < -0.4 is 10.6 Å². The van der Waals surface area contributed by atoms with Crippen LogP contribution in [0.5, 0.6) is 0 Å². The average molecular weight is 344 g/mol. The van der Waals surface area contributed by atoms with E-state index < -0.39 is 0 Å². The Hall–Kier alpha value is -2.36. The van der Waals surface area contributed by atoms with Gasteiger partial charge < -0.3 is 15.4 Å². The van der Waals surface area contributed by atoms with Crippen LogP contribution in [0.4, 0.5) is 11.8 Å². The van der Waals surface area contributed by atoms with E-state index in [4.69, 9.17) is 22.1 Å². The van der Waals surface area contributed by atoms with E-state index >= 15 is 0 Å². The minimum absolute atomic E-state index is 0.131. The summed E-state index contributed by atoms with van der Waals surface area (Å²) >= 11 is 6.03. The standard InChI is InChI=1S/C17H18ClN5O/c1-11-7-16(22-17(20)21-11)23-5-2-6-24-10-15(23)14-4-3-13(18)8-12(14)9-19/h3-4,7-8,15H,2,5-6,10H2,1H3,(H2,20,21,22). The van der Waals surface area contributed by atoms with Gasteiger partial charge in [-0.2, -0.15) is 10.2 Å². The van der Waals surface area contributed by atoms with E-state index in [1.54, 1.807) is 12.1 Å². The Morgan fingerprint density at radius 3 is 2.96 bits per heavy atom. The Balaban J connectivity index is 2.07. The second-order valence-corrected chi connectivity index (χ2v) is 6.14. The number of anilines is 2. The maximum atomic E-state index is 9.48. The molecule has 1 aliphatic rings. The fourth-order valence-corrected chi connectivity index (χ4v) is 3.12. The molecule has 2 aromatic rings. The van der Waals surface area contributed by atoms with Crippen molar-refractivity contribution < 1.29 is 4.74 Å². The number of benzene rings is 1. The van der Waals surface area contributed by atoms with Gasteiger partial charge in [0.1, 0.15) is 5.82 Å². The third kappa shape index (κ3) is 3.42. The van der Waals surface area contributed by atoms with E-state index in [0.717, 1.165) is 30.0 Å². The molecule has 0 radical (unpaired) electrons. The Morgan fingerprint density at radius 1 is 1.38 bits per heavy atom. The van der Waals surface area contributed by atoms with Crippen LogP contribution in [-0.4, -0.2) is 29.7 Å². The van der Waals surface area contributed by atoms with Crippen LogP contribution in [0.15, 0.2) is 24.3 Å². The van der Waals surface area contributed by atoms with Gasteiger partial charge in [-0.25, -0.2) is 4.98 Å². The predicted octanol–water partition coefficient (Wildman–Crippen LogP) is 2.86. The Morgan fingerprint density at radius 2 is 2.21 bits per heavy atom. The number of aromatic nitrogens is 2. The van der Waals surface area contributed by atoms with Gasteiger partial charge in [0.2, 0.25) is 5.95 Å². The lowest BCUT2D eigenvalue weighted by Crippen LogP contribution is -2.32. The molecular weight excluding hydrogens is 326 g/mol. The second-order valence-electron chi connectivity index (χ2n) is 5.71. The number of halogens is 1. The zero-order chi connectivity index (χ0) is 17.1. The Kier molecular flexibility index (Phi) is 4.84. The van der Waals surface area contributed by atoms with Crippen molar-refractivity contribution in [2.24, 2.45) is 0 Å². The number of nitriles is 1. The summed E-state index contributed by atoms with van der Waals surface area (Å²) in [5.41, 5.74) is 8.04. The van der Waals surface area contributed by atoms with Gasteiger partial charge in [-0.05, 0) is 31.0 Å². The molecule has 0 bridgehead atoms. The minimum atomic E-state index is -0.131. The fourth-order valence-electron chi connectivity index (χ4n) is 2.95. The molecule has 2 N–H and O–H groups in total. The molecule has 2 heterocycles. The van der Waals surface area contributed by atoms with Crippen molar-refractivity contribution in [1.82, 2.24) is 9.97 Å².